The molecule has 0 radical (unpaired) electrons. The van der Waals surface area contributed by atoms with Gasteiger partial charge in [-0.15, -0.1) is 0 Å². The van der Waals surface area contributed by atoms with Crippen LogP contribution in [0.1, 0.15) is 43.9 Å². The van der Waals surface area contributed by atoms with Crippen LogP contribution in [0.4, 0.5) is 15.9 Å². The van der Waals surface area contributed by atoms with Crippen molar-refractivity contribution in [3.63, 3.8) is 0 Å². The van der Waals surface area contributed by atoms with Crippen LogP contribution in [-0.4, -0.2) is 90.3 Å². The number of rotatable bonds is 7. The van der Waals surface area contributed by atoms with Crippen LogP contribution in [0.2, 0.25) is 5.02 Å². The standard InChI is InChI=1S/C33H38ClFN6O2.C2H3N/c34-26-8-1-6-24-7-2-9-28(30(24)26)40-17-11-25-27(22-40)36-32(43-23-33-12-4-15-41(33)16-5-13-33)37-31(25)39-20-18-38(19-21-39)29(42)10-3-14-35;1-2-3/h1-3,6-10H,4-5,11-23H2;1H3/b10-3+;. The van der Waals surface area contributed by atoms with E-state index >= 15 is 0 Å². The Kier molecular flexibility index (Phi) is 9.90. The summed E-state index contributed by atoms with van der Waals surface area (Å²) < 4.78 is 19.1. The molecule has 46 heavy (non-hydrogen) atoms. The van der Waals surface area contributed by atoms with Crippen molar-refractivity contribution < 1.29 is 13.9 Å². The summed E-state index contributed by atoms with van der Waals surface area (Å²) in [4.78, 5) is 31.5. The average Bonchev–Trinajstić information content (AvgIpc) is 3.67. The van der Waals surface area contributed by atoms with Gasteiger partial charge < -0.3 is 19.4 Å². The van der Waals surface area contributed by atoms with Crippen LogP contribution in [0.3, 0.4) is 0 Å². The molecule has 3 aromatic rings. The highest BCUT2D eigenvalue weighted by molar-refractivity contribution is 6.36. The Morgan fingerprint density at radius 3 is 2.48 bits per heavy atom. The number of amides is 1. The molecule has 0 aliphatic carbocycles. The van der Waals surface area contributed by atoms with Crippen molar-refractivity contribution in [2.45, 2.75) is 51.1 Å². The molecule has 3 saturated heterocycles. The Hall–Kier alpha value is -3.94. The molecular weight excluding hydrogens is 605 g/mol. The molecule has 9 nitrogen and oxygen atoms in total. The van der Waals surface area contributed by atoms with E-state index in [0.29, 0.717) is 45.3 Å². The molecule has 3 fully saturated rings. The summed E-state index contributed by atoms with van der Waals surface area (Å²) in [7, 11) is 0. The first kappa shape index (κ1) is 32.0. The zero-order valence-electron chi connectivity index (χ0n) is 26.4. The van der Waals surface area contributed by atoms with Gasteiger partial charge in [-0.25, -0.2) is 4.39 Å². The zero-order valence-corrected chi connectivity index (χ0v) is 27.2. The van der Waals surface area contributed by atoms with Gasteiger partial charge in [0.1, 0.15) is 19.1 Å². The maximum absolute atomic E-state index is 12.6. The molecule has 0 unspecified atom stereocenters. The molecule has 0 spiro atoms. The second-order valence-corrected chi connectivity index (χ2v) is 12.7. The van der Waals surface area contributed by atoms with Crippen LogP contribution in [0, 0.1) is 11.3 Å². The Labute approximate surface area is 275 Å². The topological polar surface area (TPSA) is 88.8 Å². The number of anilines is 2. The molecule has 242 valence electrons. The third-order valence-electron chi connectivity index (χ3n) is 9.72. The number of nitriles is 1. The minimum Gasteiger partial charge on any atom is -0.461 e. The Morgan fingerprint density at radius 1 is 1.04 bits per heavy atom. The quantitative estimate of drug-likeness (QED) is 0.309. The Balaban J connectivity index is 0.00000119. The van der Waals surface area contributed by atoms with E-state index in [1.54, 1.807) is 11.0 Å². The number of hydrogen-bond donors (Lipinski definition) is 0. The van der Waals surface area contributed by atoms with Gasteiger partial charge in [0.05, 0.1) is 28.9 Å². The molecule has 4 aliphatic rings. The number of hydrogen-bond acceptors (Lipinski definition) is 8. The first-order valence-electron chi connectivity index (χ1n) is 16.2. The van der Waals surface area contributed by atoms with Crippen molar-refractivity contribution in [1.29, 1.82) is 5.26 Å². The summed E-state index contributed by atoms with van der Waals surface area (Å²) in [5.74, 6) is 0.765. The van der Waals surface area contributed by atoms with E-state index in [2.05, 4.69) is 39.0 Å². The van der Waals surface area contributed by atoms with E-state index in [9.17, 15) is 9.18 Å². The summed E-state index contributed by atoms with van der Waals surface area (Å²) in [6.07, 6.45) is 8.14. The van der Waals surface area contributed by atoms with E-state index in [4.69, 9.17) is 31.6 Å². The predicted octanol–water partition coefficient (Wildman–Crippen LogP) is 5.56. The number of halogens is 2. The predicted molar refractivity (Wildman–Crippen MR) is 179 cm³/mol. The van der Waals surface area contributed by atoms with Crippen LogP contribution < -0.4 is 14.5 Å². The van der Waals surface area contributed by atoms with Gasteiger partial charge in [-0.2, -0.15) is 15.2 Å². The van der Waals surface area contributed by atoms with Crippen LogP contribution in [0.5, 0.6) is 6.01 Å². The van der Waals surface area contributed by atoms with Crippen LogP contribution in [0.25, 0.3) is 10.8 Å². The lowest BCUT2D eigenvalue weighted by Crippen LogP contribution is -2.49. The number of aromatic nitrogens is 2. The summed E-state index contributed by atoms with van der Waals surface area (Å²) >= 11 is 6.71. The number of benzene rings is 2. The lowest BCUT2D eigenvalue weighted by Gasteiger charge is -2.38. The molecule has 11 heteroatoms. The molecule has 1 aromatic heterocycles. The fourth-order valence-electron chi connectivity index (χ4n) is 7.51. The van der Waals surface area contributed by atoms with Crippen LogP contribution in [-0.2, 0) is 17.8 Å². The summed E-state index contributed by atoms with van der Waals surface area (Å²) in [6.45, 7) is 7.56. The smallest absolute Gasteiger partial charge is 0.318 e. The van der Waals surface area contributed by atoms with E-state index in [-0.39, 0.29) is 11.4 Å². The highest BCUT2D eigenvalue weighted by Crippen LogP contribution is 2.40. The fraction of sp³-hybridized carbons (Fsp3) is 0.486. The number of carbonyl (C=O) groups is 1. The van der Waals surface area contributed by atoms with Gasteiger partial charge in [0.25, 0.3) is 0 Å². The number of nitrogens with zero attached hydrogens (tertiary/aromatic N) is 7. The van der Waals surface area contributed by atoms with Crippen LogP contribution in [0.15, 0.2) is 48.6 Å². The van der Waals surface area contributed by atoms with Gasteiger partial charge >= 0.3 is 6.01 Å². The number of fused-ring (bicyclic) bond motifs is 3. The van der Waals surface area contributed by atoms with E-state index in [0.717, 1.165) is 77.5 Å². The fourth-order valence-corrected chi connectivity index (χ4v) is 7.79. The van der Waals surface area contributed by atoms with E-state index in [1.165, 1.54) is 31.9 Å². The molecule has 0 atom stereocenters. The second-order valence-electron chi connectivity index (χ2n) is 12.3. The maximum atomic E-state index is 12.6. The minimum atomic E-state index is -0.636. The zero-order chi connectivity index (χ0) is 32.1. The maximum Gasteiger partial charge on any atom is 0.318 e. The molecule has 2 aromatic carbocycles. The highest BCUT2D eigenvalue weighted by Gasteiger charge is 2.45. The van der Waals surface area contributed by atoms with Crippen molar-refractivity contribution in [1.82, 2.24) is 19.8 Å². The van der Waals surface area contributed by atoms with E-state index in [1.807, 2.05) is 12.1 Å². The lowest BCUT2D eigenvalue weighted by atomic mass is 9.95. The van der Waals surface area contributed by atoms with Gasteiger partial charge in [0.2, 0.25) is 5.91 Å². The van der Waals surface area contributed by atoms with Crippen molar-refractivity contribution in [3.8, 4) is 12.1 Å². The monoisotopic (exact) mass is 645 g/mol. The molecular formula is C35H41ClFN7O2. The first-order valence-corrected chi connectivity index (χ1v) is 16.6. The summed E-state index contributed by atoms with van der Waals surface area (Å²) in [5.41, 5.74) is 3.33. The third-order valence-corrected chi connectivity index (χ3v) is 10.0. The van der Waals surface area contributed by atoms with Gasteiger partial charge in [-0.05, 0) is 68.8 Å². The normalized spacial score (nSPS) is 19.0. The molecule has 4 aliphatic heterocycles. The van der Waals surface area contributed by atoms with Crippen molar-refractivity contribution in [2.75, 3.05) is 68.9 Å². The van der Waals surface area contributed by atoms with Crippen molar-refractivity contribution in [2.24, 2.45) is 0 Å². The van der Waals surface area contributed by atoms with Gasteiger partial charge in [-0.3, -0.25) is 9.69 Å². The Bertz CT molecular complexity index is 1620. The Morgan fingerprint density at radius 2 is 1.76 bits per heavy atom. The van der Waals surface area contributed by atoms with Gasteiger partial charge in [0.15, 0.2) is 0 Å². The molecule has 1 amide bonds. The number of allylic oxidation sites excluding steroid dienone is 1. The first-order chi connectivity index (χ1) is 22.5. The van der Waals surface area contributed by atoms with Crippen molar-refractivity contribution in [3.05, 3.63) is 64.8 Å². The molecule has 7 rings (SSSR count). The average molecular weight is 646 g/mol. The molecule has 0 N–H and O–H groups in total. The largest absolute Gasteiger partial charge is 0.461 e. The van der Waals surface area contributed by atoms with E-state index < -0.39 is 6.67 Å². The number of piperazine rings is 1. The SMILES string of the molecule is CC#N.O=C(/C=C/CF)N1CCN(c2nc(OCC34CCCN3CCC4)nc3c2CCN(c2cccc4cccc(Cl)c24)C3)CC1. The van der Waals surface area contributed by atoms with Crippen molar-refractivity contribution >= 4 is 39.8 Å². The van der Waals surface area contributed by atoms with Gasteiger partial charge in [-0.1, -0.05) is 35.9 Å². The van der Waals surface area contributed by atoms with Crippen LogP contribution >= 0.6 is 11.6 Å². The number of carbonyl (C=O) groups excluding carboxylic acids is 1. The summed E-state index contributed by atoms with van der Waals surface area (Å²) in [5, 5.41) is 10.2. The number of alkyl halides is 1. The molecule has 5 heterocycles. The molecule has 0 saturated carbocycles. The molecule has 0 bridgehead atoms. The highest BCUT2D eigenvalue weighted by atomic mass is 35.5. The second kappa shape index (κ2) is 14.2. The lowest BCUT2D eigenvalue weighted by molar-refractivity contribution is -0.126. The number of ether oxygens (including phenoxy) is 1. The third kappa shape index (κ3) is 6.49. The summed E-state index contributed by atoms with van der Waals surface area (Å²) in [6, 6.07) is 14.5. The minimum absolute atomic E-state index is 0.101. The van der Waals surface area contributed by atoms with Gasteiger partial charge in [0, 0.05) is 62.4 Å².